The number of H-pyrrole nitrogens is 1. The first-order valence-corrected chi connectivity index (χ1v) is 9.15. The molecule has 0 unspecified atom stereocenters. The van der Waals surface area contributed by atoms with Gasteiger partial charge in [-0.1, -0.05) is 24.3 Å². The monoisotopic (exact) mass is 357 g/mol. The summed E-state index contributed by atoms with van der Waals surface area (Å²) in [4.78, 5) is 12.2. The van der Waals surface area contributed by atoms with Gasteiger partial charge in [-0.05, 0) is 61.2 Å². The summed E-state index contributed by atoms with van der Waals surface area (Å²) in [7, 11) is 0. The number of benzene rings is 2. The van der Waals surface area contributed by atoms with Crippen LogP contribution in [-0.2, 0) is 6.42 Å². The first kappa shape index (κ1) is 17.1. The minimum atomic E-state index is 0.628. The summed E-state index contributed by atoms with van der Waals surface area (Å²) in [6, 6.07) is 16.5. The van der Waals surface area contributed by atoms with Gasteiger partial charge in [0, 0.05) is 35.5 Å². The molecule has 0 aliphatic carbocycles. The maximum absolute atomic E-state index is 4.56. The van der Waals surface area contributed by atoms with Crippen molar-refractivity contribution in [3.8, 4) is 0 Å². The molecule has 5 nitrogen and oxygen atoms in total. The van der Waals surface area contributed by atoms with Crippen molar-refractivity contribution in [1.82, 2.24) is 15.0 Å². The molecule has 27 heavy (non-hydrogen) atoms. The zero-order chi connectivity index (χ0) is 18.6. The minimum Gasteiger partial charge on any atom is -0.361 e. The van der Waals surface area contributed by atoms with Crippen molar-refractivity contribution in [3.63, 3.8) is 0 Å². The molecule has 0 bridgehead atoms. The molecule has 136 valence electrons. The van der Waals surface area contributed by atoms with Crippen LogP contribution >= 0.6 is 0 Å². The highest BCUT2D eigenvalue weighted by Gasteiger charge is 2.04. The van der Waals surface area contributed by atoms with Crippen LogP contribution in [-0.4, -0.2) is 21.5 Å². The number of aryl methyl sites for hydroxylation is 2. The Balaban J connectivity index is 1.39. The second-order valence-electron chi connectivity index (χ2n) is 6.73. The Kier molecular flexibility index (Phi) is 4.75. The van der Waals surface area contributed by atoms with Gasteiger partial charge in [0.1, 0.15) is 5.82 Å². The third-order valence-electron chi connectivity index (χ3n) is 4.79. The second-order valence-corrected chi connectivity index (χ2v) is 6.73. The molecule has 3 N–H and O–H groups in total. The van der Waals surface area contributed by atoms with Crippen LogP contribution in [0.4, 0.5) is 17.5 Å². The van der Waals surface area contributed by atoms with Gasteiger partial charge in [0.05, 0.1) is 0 Å². The van der Waals surface area contributed by atoms with Gasteiger partial charge in [-0.2, -0.15) is 4.98 Å². The van der Waals surface area contributed by atoms with Crippen LogP contribution in [0.5, 0.6) is 0 Å². The SMILES string of the molecule is Cc1ccc(Nc2ccnc(NCCc3c[nH]c4ccccc34)n2)cc1C. The van der Waals surface area contributed by atoms with Crippen LogP contribution < -0.4 is 10.6 Å². The molecular weight excluding hydrogens is 334 g/mol. The highest BCUT2D eigenvalue weighted by molar-refractivity contribution is 5.83. The molecule has 0 saturated carbocycles. The molecule has 0 aliphatic heterocycles. The Morgan fingerprint density at radius 2 is 1.89 bits per heavy atom. The van der Waals surface area contributed by atoms with Gasteiger partial charge in [-0.25, -0.2) is 4.98 Å². The van der Waals surface area contributed by atoms with E-state index in [9.17, 15) is 0 Å². The number of anilines is 3. The molecule has 2 aromatic heterocycles. The zero-order valence-electron chi connectivity index (χ0n) is 15.6. The molecule has 0 saturated heterocycles. The fourth-order valence-corrected chi connectivity index (χ4v) is 3.13. The number of rotatable bonds is 6. The van der Waals surface area contributed by atoms with Crippen molar-refractivity contribution in [1.29, 1.82) is 0 Å². The third kappa shape index (κ3) is 3.92. The molecule has 0 atom stereocenters. The molecule has 2 aromatic carbocycles. The molecule has 0 radical (unpaired) electrons. The van der Waals surface area contributed by atoms with Crippen LogP contribution in [0.1, 0.15) is 16.7 Å². The Morgan fingerprint density at radius 1 is 1.00 bits per heavy atom. The molecule has 0 aliphatic rings. The maximum Gasteiger partial charge on any atom is 0.224 e. The van der Waals surface area contributed by atoms with Crippen molar-refractivity contribution in [2.24, 2.45) is 0 Å². The Morgan fingerprint density at radius 3 is 2.78 bits per heavy atom. The summed E-state index contributed by atoms with van der Waals surface area (Å²) in [5.74, 6) is 1.41. The lowest BCUT2D eigenvalue weighted by atomic mass is 10.1. The summed E-state index contributed by atoms with van der Waals surface area (Å²) in [5, 5.41) is 7.93. The number of nitrogens with one attached hydrogen (secondary N) is 3. The molecule has 4 aromatic rings. The van der Waals surface area contributed by atoms with E-state index in [1.165, 1.54) is 27.6 Å². The summed E-state index contributed by atoms with van der Waals surface area (Å²) in [6.45, 7) is 4.99. The standard InChI is InChI=1S/C22H23N5/c1-15-7-8-18(13-16(15)2)26-21-10-12-24-22(27-21)23-11-9-17-14-25-20-6-4-3-5-19(17)20/h3-8,10,12-14,25H,9,11H2,1-2H3,(H2,23,24,26,27). The lowest BCUT2D eigenvalue weighted by Gasteiger charge is -2.10. The van der Waals surface area contributed by atoms with Crippen LogP contribution in [0.2, 0.25) is 0 Å². The van der Waals surface area contributed by atoms with E-state index in [4.69, 9.17) is 0 Å². The van der Waals surface area contributed by atoms with E-state index in [1.807, 2.05) is 12.1 Å². The fraction of sp³-hybridized carbons (Fsp3) is 0.182. The predicted octanol–water partition coefficient (Wildman–Crippen LogP) is 4.97. The number of para-hydroxylation sites is 1. The smallest absolute Gasteiger partial charge is 0.224 e. The predicted molar refractivity (Wildman–Crippen MR) is 112 cm³/mol. The van der Waals surface area contributed by atoms with Crippen molar-refractivity contribution >= 4 is 28.4 Å². The van der Waals surface area contributed by atoms with E-state index in [2.05, 4.69) is 82.0 Å². The quantitative estimate of drug-likeness (QED) is 0.456. The van der Waals surface area contributed by atoms with E-state index in [0.29, 0.717) is 5.95 Å². The molecular formula is C22H23N5. The molecule has 5 heteroatoms. The van der Waals surface area contributed by atoms with Crippen LogP contribution in [0, 0.1) is 13.8 Å². The number of aromatic nitrogens is 3. The van der Waals surface area contributed by atoms with Gasteiger partial charge in [-0.3, -0.25) is 0 Å². The van der Waals surface area contributed by atoms with Crippen LogP contribution in [0.25, 0.3) is 10.9 Å². The van der Waals surface area contributed by atoms with Gasteiger partial charge < -0.3 is 15.6 Å². The van der Waals surface area contributed by atoms with Gasteiger partial charge in [0.15, 0.2) is 0 Å². The van der Waals surface area contributed by atoms with Crippen molar-refractivity contribution in [3.05, 3.63) is 77.6 Å². The van der Waals surface area contributed by atoms with E-state index in [-0.39, 0.29) is 0 Å². The van der Waals surface area contributed by atoms with Crippen molar-refractivity contribution in [2.45, 2.75) is 20.3 Å². The van der Waals surface area contributed by atoms with E-state index < -0.39 is 0 Å². The van der Waals surface area contributed by atoms with E-state index in [0.717, 1.165) is 24.5 Å². The number of hydrogen-bond acceptors (Lipinski definition) is 4. The number of fused-ring (bicyclic) bond motifs is 1. The Bertz CT molecular complexity index is 1070. The zero-order valence-corrected chi connectivity index (χ0v) is 15.6. The Labute approximate surface area is 158 Å². The van der Waals surface area contributed by atoms with E-state index in [1.54, 1.807) is 6.20 Å². The van der Waals surface area contributed by atoms with Crippen LogP contribution in [0.15, 0.2) is 60.9 Å². The first-order valence-electron chi connectivity index (χ1n) is 9.15. The van der Waals surface area contributed by atoms with E-state index >= 15 is 0 Å². The fourth-order valence-electron chi connectivity index (χ4n) is 3.13. The van der Waals surface area contributed by atoms with Gasteiger partial charge in [0.2, 0.25) is 5.95 Å². The number of nitrogens with zero attached hydrogens (tertiary/aromatic N) is 2. The highest BCUT2D eigenvalue weighted by Crippen LogP contribution is 2.20. The second kappa shape index (κ2) is 7.50. The largest absolute Gasteiger partial charge is 0.361 e. The summed E-state index contributed by atoms with van der Waals surface area (Å²) < 4.78 is 0. The maximum atomic E-state index is 4.56. The lowest BCUT2D eigenvalue weighted by molar-refractivity contribution is 0.991. The average molecular weight is 357 g/mol. The highest BCUT2D eigenvalue weighted by atomic mass is 15.1. The lowest BCUT2D eigenvalue weighted by Crippen LogP contribution is -2.08. The molecule has 2 heterocycles. The normalized spacial score (nSPS) is 10.9. The molecule has 0 fully saturated rings. The Hall–Kier alpha value is -3.34. The molecule has 4 rings (SSSR count). The van der Waals surface area contributed by atoms with Gasteiger partial charge in [-0.15, -0.1) is 0 Å². The first-order chi connectivity index (χ1) is 13.2. The topological polar surface area (TPSA) is 65.6 Å². The minimum absolute atomic E-state index is 0.628. The summed E-state index contributed by atoms with van der Waals surface area (Å²) in [5.41, 5.74) is 6.03. The van der Waals surface area contributed by atoms with Crippen LogP contribution in [0.3, 0.4) is 0 Å². The third-order valence-corrected chi connectivity index (χ3v) is 4.79. The number of hydrogen-bond donors (Lipinski definition) is 3. The molecule has 0 spiro atoms. The summed E-state index contributed by atoms with van der Waals surface area (Å²) >= 11 is 0. The van der Waals surface area contributed by atoms with Crippen molar-refractivity contribution in [2.75, 3.05) is 17.2 Å². The summed E-state index contributed by atoms with van der Waals surface area (Å²) in [6.07, 6.45) is 4.75. The van der Waals surface area contributed by atoms with Crippen molar-refractivity contribution < 1.29 is 0 Å². The number of aromatic amines is 1. The average Bonchev–Trinajstić information content (AvgIpc) is 3.09. The molecule has 0 amide bonds. The van der Waals surface area contributed by atoms with Gasteiger partial charge in [0.25, 0.3) is 0 Å². The van der Waals surface area contributed by atoms with Gasteiger partial charge >= 0.3 is 0 Å².